The van der Waals surface area contributed by atoms with Gasteiger partial charge < -0.3 is 14.3 Å². The zero-order chi connectivity index (χ0) is 11.0. The maximum atomic E-state index is 11.5. The van der Waals surface area contributed by atoms with Crippen molar-refractivity contribution in [2.45, 2.75) is 0 Å². The summed E-state index contributed by atoms with van der Waals surface area (Å²) in [6.07, 6.45) is 0. The second-order valence-corrected chi connectivity index (χ2v) is 3.82. The van der Waals surface area contributed by atoms with Gasteiger partial charge in [-0.25, -0.2) is 0 Å². The van der Waals surface area contributed by atoms with Gasteiger partial charge in [-0.05, 0) is 18.2 Å². The first-order chi connectivity index (χ1) is 7.08. The van der Waals surface area contributed by atoms with Crippen LogP contribution in [0, 0.1) is 0 Å². The van der Waals surface area contributed by atoms with Crippen LogP contribution in [-0.4, -0.2) is 5.97 Å². The van der Waals surface area contributed by atoms with E-state index in [-0.39, 0.29) is 5.58 Å². The monoisotopic (exact) mass is 267 g/mol. The molecule has 2 rings (SSSR count). The molecule has 0 bridgehead atoms. The highest BCUT2D eigenvalue weighted by Crippen LogP contribution is 2.17. The summed E-state index contributed by atoms with van der Waals surface area (Å²) >= 11 is 3.20. The van der Waals surface area contributed by atoms with E-state index in [2.05, 4.69) is 15.9 Å². The van der Waals surface area contributed by atoms with Gasteiger partial charge in [-0.3, -0.25) is 4.79 Å². The molecular weight excluding hydrogens is 264 g/mol. The van der Waals surface area contributed by atoms with E-state index < -0.39 is 17.2 Å². The van der Waals surface area contributed by atoms with Gasteiger partial charge in [-0.1, -0.05) is 15.9 Å². The Hall–Kier alpha value is -1.62. The molecule has 1 aromatic heterocycles. The Balaban J connectivity index is 2.84. The lowest BCUT2D eigenvalue weighted by atomic mass is 10.2. The van der Waals surface area contributed by atoms with Gasteiger partial charge in [0.15, 0.2) is 11.2 Å². The lowest BCUT2D eigenvalue weighted by molar-refractivity contribution is -0.257. The predicted molar refractivity (Wildman–Crippen MR) is 54.5 cm³/mol. The summed E-state index contributed by atoms with van der Waals surface area (Å²) in [7, 11) is 0. The number of carboxylic acids is 1. The molecule has 0 atom stereocenters. The first-order valence-electron chi connectivity index (χ1n) is 4.02. The van der Waals surface area contributed by atoms with Gasteiger partial charge in [-0.15, -0.1) is 0 Å². The molecule has 0 amide bonds. The standard InChI is InChI=1S/C10H5BrO4/c11-5-1-2-8-6(3-5)7(12)4-9(15-8)10(13)14/h1-4H,(H,13,14)/p-1. The molecule has 0 aliphatic carbocycles. The van der Waals surface area contributed by atoms with Crippen LogP contribution in [0.3, 0.4) is 0 Å². The van der Waals surface area contributed by atoms with Gasteiger partial charge >= 0.3 is 0 Å². The Morgan fingerprint density at radius 2 is 2.07 bits per heavy atom. The molecule has 76 valence electrons. The number of carboxylic acid groups (broad SMARTS) is 1. The fourth-order valence-electron chi connectivity index (χ4n) is 1.23. The minimum atomic E-state index is -1.50. The quantitative estimate of drug-likeness (QED) is 0.771. The zero-order valence-corrected chi connectivity index (χ0v) is 8.91. The van der Waals surface area contributed by atoms with Crippen molar-refractivity contribution in [2.75, 3.05) is 0 Å². The van der Waals surface area contributed by atoms with Crippen LogP contribution in [0.2, 0.25) is 0 Å². The minimum absolute atomic E-state index is 0.227. The number of fused-ring (bicyclic) bond motifs is 1. The highest BCUT2D eigenvalue weighted by atomic mass is 79.9. The SMILES string of the molecule is O=C([O-])c1cc(=O)c2cc(Br)ccc2o1. The van der Waals surface area contributed by atoms with E-state index in [9.17, 15) is 14.7 Å². The third-order valence-electron chi connectivity index (χ3n) is 1.89. The van der Waals surface area contributed by atoms with Gasteiger partial charge in [0, 0.05) is 10.5 Å². The Kier molecular flexibility index (Phi) is 2.32. The number of aromatic carboxylic acids is 1. The number of hydrogen-bond donors (Lipinski definition) is 0. The first-order valence-corrected chi connectivity index (χ1v) is 4.82. The topological polar surface area (TPSA) is 70.3 Å². The molecule has 0 radical (unpaired) electrons. The second-order valence-electron chi connectivity index (χ2n) is 2.90. The Morgan fingerprint density at radius 3 is 2.73 bits per heavy atom. The lowest BCUT2D eigenvalue weighted by Crippen LogP contribution is -2.23. The molecule has 4 nitrogen and oxygen atoms in total. The molecule has 5 heteroatoms. The van der Waals surface area contributed by atoms with E-state index >= 15 is 0 Å². The third kappa shape index (κ3) is 1.78. The highest BCUT2D eigenvalue weighted by molar-refractivity contribution is 9.10. The second kappa shape index (κ2) is 3.51. The van der Waals surface area contributed by atoms with Crippen molar-refractivity contribution < 1.29 is 14.3 Å². The van der Waals surface area contributed by atoms with E-state index in [1.54, 1.807) is 12.1 Å². The van der Waals surface area contributed by atoms with Gasteiger partial charge in [0.1, 0.15) is 11.6 Å². The molecule has 0 unspecified atom stereocenters. The number of hydrogen-bond acceptors (Lipinski definition) is 4. The third-order valence-corrected chi connectivity index (χ3v) is 2.38. The Labute approximate surface area is 92.3 Å². The van der Waals surface area contributed by atoms with Crippen molar-refractivity contribution in [3.05, 3.63) is 44.7 Å². The number of rotatable bonds is 1. The fourth-order valence-corrected chi connectivity index (χ4v) is 1.59. The van der Waals surface area contributed by atoms with Crippen LogP contribution in [0.5, 0.6) is 0 Å². The largest absolute Gasteiger partial charge is 0.542 e. The minimum Gasteiger partial charge on any atom is -0.542 e. The number of carbonyl (C=O) groups is 1. The molecule has 0 saturated heterocycles. The molecule has 15 heavy (non-hydrogen) atoms. The summed E-state index contributed by atoms with van der Waals surface area (Å²) in [5, 5.41) is 10.8. The van der Waals surface area contributed by atoms with Crippen molar-refractivity contribution in [3.63, 3.8) is 0 Å². The normalized spacial score (nSPS) is 10.5. The smallest absolute Gasteiger partial charge is 0.193 e. The average molecular weight is 268 g/mol. The van der Waals surface area contributed by atoms with Gasteiger partial charge in [0.2, 0.25) is 0 Å². The van der Waals surface area contributed by atoms with Crippen LogP contribution in [0.25, 0.3) is 11.0 Å². The lowest BCUT2D eigenvalue weighted by Gasteiger charge is -2.02. The number of benzene rings is 1. The van der Waals surface area contributed by atoms with Crippen LogP contribution in [-0.2, 0) is 0 Å². The summed E-state index contributed by atoms with van der Waals surface area (Å²) in [5.74, 6) is -1.97. The van der Waals surface area contributed by atoms with Crippen molar-refractivity contribution in [1.29, 1.82) is 0 Å². The molecule has 1 aromatic carbocycles. The summed E-state index contributed by atoms with van der Waals surface area (Å²) in [5.41, 5.74) is -0.179. The molecule has 2 aromatic rings. The summed E-state index contributed by atoms with van der Waals surface area (Å²) in [4.78, 5) is 22.0. The van der Waals surface area contributed by atoms with Crippen LogP contribution >= 0.6 is 15.9 Å². The molecule has 1 heterocycles. The average Bonchev–Trinajstić information content (AvgIpc) is 2.18. The Morgan fingerprint density at radius 1 is 1.33 bits per heavy atom. The van der Waals surface area contributed by atoms with Crippen LogP contribution in [0.4, 0.5) is 0 Å². The van der Waals surface area contributed by atoms with Gasteiger partial charge in [0.05, 0.1) is 5.39 Å². The van der Waals surface area contributed by atoms with Crippen molar-refractivity contribution >= 4 is 32.9 Å². The van der Waals surface area contributed by atoms with Crippen LogP contribution in [0.1, 0.15) is 10.6 Å². The molecular formula is C10H4BrO4-. The van der Waals surface area contributed by atoms with Crippen molar-refractivity contribution in [1.82, 2.24) is 0 Å². The van der Waals surface area contributed by atoms with Crippen LogP contribution in [0.15, 0.2) is 37.9 Å². The summed E-state index contributed by atoms with van der Waals surface area (Å²) in [6.45, 7) is 0. The molecule has 0 spiro atoms. The summed E-state index contributed by atoms with van der Waals surface area (Å²) in [6, 6.07) is 5.65. The fraction of sp³-hybridized carbons (Fsp3) is 0. The van der Waals surface area contributed by atoms with E-state index in [1.165, 1.54) is 6.07 Å². The molecule has 0 saturated carbocycles. The first kappa shape index (κ1) is 9.92. The summed E-state index contributed by atoms with van der Waals surface area (Å²) < 4.78 is 5.70. The van der Waals surface area contributed by atoms with E-state index in [4.69, 9.17) is 4.42 Å². The predicted octanol–water partition coefficient (Wildman–Crippen LogP) is 0.919. The zero-order valence-electron chi connectivity index (χ0n) is 7.32. The van der Waals surface area contributed by atoms with Crippen molar-refractivity contribution in [2.24, 2.45) is 0 Å². The van der Waals surface area contributed by atoms with Crippen LogP contribution < -0.4 is 10.5 Å². The molecule has 0 aliphatic heterocycles. The maximum Gasteiger partial charge on any atom is 0.193 e. The van der Waals surface area contributed by atoms with Gasteiger partial charge in [0.25, 0.3) is 0 Å². The Bertz CT molecular complexity index is 600. The van der Waals surface area contributed by atoms with E-state index in [0.29, 0.717) is 5.39 Å². The number of carbonyl (C=O) groups excluding carboxylic acids is 1. The van der Waals surface area contributed by atoms with E-state index in [0.717, 1.165) is 10.5 Å². The van der Waals surface area contributed by atoms with E-state index in [1.807, 2.05) is 0 Å². The molecule has 0 aliphatic rings. The highest BCUT2D eigenvalue weighted by Gasteiger charge is 2.05. The molecule has 0 fully saturated rings. The van der Waals surface area contributed by atoms with Gasteiger partial charge in [-0.2, -0.15) is 0 Å². The number of halogens is 1. The molecule has 0 N–H and O–H groups in total. The van der Waals surface area contributed by atoms with Crippen molar-refractivity contribution in [3.8, 4) is 0 Å². The maximum absolute atomic E-state index is 11.5.